The summed E-state index contributed by atoms with van der Waals surface area (Å²) in [4.78, 5) is 12.4. The van der Waals surface area contributed by atoms with Gasteiger partial charge in [0.25, 0.3) is 11.7 Å². The van der Waals surface area contributed by atoms with Gasteiger partial charge in [0, 0.05) is 0 Å². The summed E-state index contributed by atoms with van der Waals surface area (Å²) in [5, 5.41) is 21.9. The number of H-pyrrole nitrogens is 1. The van der Waals surface area contributed by atoms with Gasteiger partial charge in [-0.2, -0.15) is 9.67 Å². The van der Waals surface area contributed by atoms with Crippen LogP contribution in [0.1, 0.15) is 37.5 Å². The number of aromatic hydroxyl groups is 1. The number of hydrazone groups is 1. The number of phenolic OH excluding ortho intramolecular Hbond substituents is 1. The van der Waals surface area contributed by atoms with Crippen molar-refractivity contribution in [2.24, 2.45) is 5.10 Å². The Morgan fingerprint density at radius 2 is 1.83 bits per heavy atom. The maximum Gasteiger partial charge on any atom is 0.342 e. The van der Waals surface area contributed by atoms with Crippen LogP contribution in [0.25, 0.3) is 17.1 Å². The molecule has 7 nitrogen and oxygen atoms in total. The Labute approximate surface area is 215 Å². The van der Waals surface area contributed by atoms with E-state index < -0.39 is 0 Å². The molecule has 0 atom stereocenters. The molecule has 0 aliphatic carbocycles. The lowest BCUT2D eigenvalue weighted by atomic mass is 9.87. The molecule has 3 aromatic carbocycles. The minimum absolute atomic E-state index is 0.0667. The average molecular weight is 501 g/mol. The van der Waals surface area contributed by atoms with E-state index in [-0.39, 0.29) is 22.8 Å². The molecule has 4 rings (SSSR count). The summed E-state index contributed by atoms with van der Waals surface area (Å²) >= 11 is 1.32. The number of phenols is 1. The molecule has 0 radical (unpaired) electrons. The summed E-state index contributed by atoms with van der Waals surface area (Å²) in [6.07, 6.45) is 1.49. The Balaban J connectivity index is 1.54. The highest BCUT2D eigenvalue weighted by Gasteiger charge is 2.25. The summed E-state index contributed by atoms with van der Waals surface area (Å²) in [7, 11) is 0. The molecule has 3 N–H and O–H groups in total. The molecule has 36 heavy (non-hydrogen) atoms. The fourth-order valence-electron chi connectivity index (χ4n) is 3.59. The molecular formula is C28H30N5O2S+. The zero-order valence-electron chi connectivity index (χ0n) is 20.8. The Morgan fingerprint density at radius 1 is 1.11 bits per heavy atom. The van der Waals surface area contributed by atoms with E-state index in [0.29, 0.717) is 10.7 Å². The molecule has 0 saturated heterocycles. The molecule has 1 amide bonds. The molecule has 0 aliphatic heterocycles. The van der Waals surface area contributed by atoms with Crippen molar-refractivity contribution in [2.75, 3.05) is 5.75 Å². The van der Waals surface area contributed by atoms with E-state index in [1.54, 1.807) is 24.3 Å². The molecule has 8 heteroatoms. The first kappa shape index (κ1) is 25.2. The van der Waals surface area contributed by atoms with Gasteiger partial charge in [-0.05, 0) is 71.6 Å². The van der Waals surface area contributed by atoms with Crippen molar-refractivity contribution in [1.29, 1.82) is 0 Å². The third-order valence-electron chi connectivity index (χ3n) is 5.59. The highest BCUT2D eigenvalue weighted by Crippen LogP contribution is 2.26. The second kappa shape index (κ2) is 10.8. The van der Waals surface area contributed by atoms with Crippen LogP contribution in [0.3, 0.4) is 0 Å². The number of nitrogens with zero attached hydrogens (tertiary/aromatic N) is 3. The number of nitrogens with one attached hydrogen (secondary N) is 2. The topological polar surface area (TPSA) is 94.2 Å². The van der Waals surface area contributed by atoms with E-state index in [2.05, 4.69) is 77.9 Å². The van der Waals surface area contributed by atoms with Gasteiger partial charge in [-0.3, -0.25) is 4.79 Å². The second-order valence-corrected chi connectivity index (χ2v) is 10.5. The molecule has 0 aliphatic rings. The van der Waals surface area contributed by atoms with Crippen LogP contribution in [-0.4, -0.2) is 33.2 Å². The van der Waals surface area contributed by atoms with E-state index in [4.69, 9.17) is 0 Å². The molecule has 1 aromatic heterocycles. The van der Waals surface area contributed by atoms with Gasteiger partial charge in [0.2, 0.25) is 0 Å². The van der Waals surface area contributed by atoms with Gasteiger partial charge in [0.1, 0.15) is 11.4 Å². The van der Waals surface area contributed by atoms with Crippen LogP contribution in [0.5, 0.6) is 5.75 Å². The number of aromatic amines is 1. The number of thioether (sulfide) groups is 1. The molecule has 0 unspecified atom stereocenters. The number of hydrogen-bond acceptors (Lipinski definition) is 5. The van der Waals surface area contributed by atoms with E-state index >= 15 is 0 Å². The van der Waals surface area contributed by atoms with Crippen LogP contribution in [0.4, 0.5) is 0 Å². The predicted molar refractivity (Wildman–Crippen MR) is 144 cm³/mol. The van der Waals surface area contributed by atoms with Crippen molar-refractivity contribution < 1.29 is 14.5 Å². The number of carbonyl (C=O) groups excluding carboxylic acids is 1. The van der Waals surface area contributed by atoms with Crippen LogP contribution in [0, 0.1) is 6.92 Å². The van der Waals surface area contributed by atoms with E-state index in [1.165, 1.54) is 23.5 Å². The normalized spacial score (nSPS) is 11.7. The third kappa shape index (κ3) is 6.20. The number of aryl methyl sites for hydroxylation is 1. The van der Waals surface area contributed by atoms with Crippen LogP contribution < -0.4 is 9.99 Å². The van der Waals surface area contributed by atoms with Gasteiger partial charge < -0.3 is 5.11 Å². The van der Waals surface area contributed by atoms with E-state index in [0.717, 1.165) is 22.6 Å². The van der Waals surface area contributed by atoms with Crippen molar-refractivity contribution in [2.45, 2.75) is 38.3 Å². The molecule has 1 heterocycles. The van der Waals surface area contributed by atoms with Crippen LogP contribution in [-0.2, 0) is 10.2 Å². The van der Waals surface area contributed by atoms with Crippen molar-refractivity contribution in [3.8, 4) is 22.8 Å². The molecule has 184 valence electrons. The van der Waals surface area contributed by atoms with Gasteiger partial charge in [0.15, 0.2) is 0 Å². The lowest BCUT2D eigenvalue weighted by Crippen LogP contribution is -2.34. The zero-order valence-corrected chi connectivity index (χ0v) is 21.6. The molecule has 0 spiro atoms. The Hall–Kier alpha value is -3.91. The van der Waals surface area contributed by atoms with Crippen LogP contribution >= 0.6 is 11.8 Å². The first-order valence-electron chi connectivity index (χ1n) is 11.6. The minimum atomic E-state index is -0.258. The smallest absolute Gasteiger partial charge is 0.342 e. The monoisotopic (exact) mass is 500 g/mol. The molecular weight excluding hydrogens is 470 g/mol. The number of benzene rings is 3. The minimum Gasteiger partial charge on any atom is -0.508 e. The fourth-order valence-corrected chi connectivity index (χ4v) is 4.36. The summed E-state index contributed by atoms with van der Waals surface area (Å²) < 4.78 is 2.03. The first-order valence-corrected chi connectivity index (χ1v) is 12.6. The highest BCUT2D eigenvalue weighted by atomic mass is 32.2. The van der Waals surface area contributed by atoms with Gasteiger partial charge in [0.05, 0.1) is 22.6 Å². The van der Waals surface area contributed by atoms with Gasteiger partial charge in [-0.25, -0.2) is 5.43 Å². The SMILES string of the molecule is Cc1ccc(-[n+]2c(SCC(=O)N/N=C/c3cccc(O)c3)n[nH]c2-c2ccc(C(C)(C)C)cc2)cc1. The largest absolute Gasteiger partial charge is 0.508 e. The van der Waals surface area contributed by atoms with Gasteiger partial charge in [-0.15, -0.1) is 5.10 Å². The highest BCUT2D eigenvalue weighted by molar-refractivity contribution is 7.99. The van der Waals surface area contributed by atoms with E-state index in [1.807, 2.05) is 23.6 Å². The lowest BCUT2D eigenvalue weighted by Gasteiger charge is -2.18. The third-order valence-corrected chi connectivity index (χ3v) is 6.53. The maximum absolute atomic E-state index is 12.4. The fraction of sp³-hybridized carbons (Fsp3) is 0.214. The number of rotatable bonds is 7. The van der Waals surface area contributed by atoms with Crippen molar-refractivity contribution in [3.05, 3.63) is 89.5 Å². The second-order valence-electron chi connectivity index (χ2n) is 9.53. The standard InChI is InChI=1S/C28H29N5O2S/c1-19-8-14-23(15-9-19)33-26(21-10-12-22(13-11-21)28(2,3)4)31-32-27(33)36-18-25(35)30-29-17-20-6-5-7-24(34)16-20/h5-17H,18H2,1-4H3,(H2,30,34,35)/p+1/b29-17+. The molecule has 0 fully saturated rings. The molecule has 0 bridgehead atoms. The Bertz CT molecular complexity index is 1370. The summed E-state index contributed by atoms with van der Waals surface area (Å²) in [5.74, 6) is 0.857. The summed E-state index contributed by atoms with van der Waals surface area (Å²) in [5.41, 5.74) is 7.66. The average Bonchev–Trinajstić information content (AvgIpc) is 3.27. The maximum atomic E-state index is 12.4. The van der Waals surface area contributed by atoms with Crippen molar-refractivity contribution in [1.82, 2.24) is 15.6 Å². The number of aromatic nitrogens is 3. The van der Waals surface area contributed by atoms with Gasteiger partial charge >= 0.3 is 5.16 Å². The summed E-state index contributed by atoms with van der Waals surface area (Å²) in [6.45, 7) is 8.63. The number of hydrogen-bond donors (Lipinski definition) is 3. The lowest BCUT2D eigenvalue weighted by molar-refractivity contribution is -0.625. The quantitative estimate of drug-likeness (QED) is 0.145. The Kier molecular flexibility index (Phi) is 7.55. The molecule has 4 aromatic rings. The van der Waals surface area contributed by atoms with Crippen molar-refractivity contribution in [3.63, 3.8) is 0 Å². The van der Waals surface area contributed by atoms with Crippen LogP contribution in [0.15, 0.2) is 83.1 Å². The zero-order chi connectivity index (χ0) is 25.7. The van der Waals surface area contributed by atoms with E-state index in [9.17, 15) is 9.90 Å². The summed E-state index contributed by atoms with van der Waals surface area (Å²) in [6, 6.07) is 23.3. The van der Waals surface area contributed by atoms with Gasteiger partial charge in [-0.1, -0.05) is 62.7 Å². The molecule has 0 saturated carbocycles. The number of amides is 1. The first-order chi connectivity index (χ1) is 17.2. The number of carbonyl (C=O) groups is 1. The van der Waals surface area contributed by atoms with Crippen LogP contribution in [0.2, 0.25) is 0 Å². The predicted octanol–water partition coefficient (Wildman–Crippen LogP) is 4.91. The Morgan fingerprint density at radius 3 is 2.50 bits per heavy atom. The van der Waals surface area contributed by atoms with Crippen molar-refractivity contribution >= 4 is 23.9 Å².